The van der Waals surface area contributed by atoms with Crippen LogP contribution in [0.15, 0.2) is 35.1 Å². The van der Waals surface area contributed by atoms with Crippen LogP contribution in [-0.4, -0.2) is 57.7 Å². The van der Waals surface area contributed by atoms with E-state index in [1.165, 1.54) is 35.5 Å². The Morgan fingerprint density at radius 3 is 2.50 bits per heavy atom. The fourth-order valence-corrected chi connectivity index (χ4v) is 5.24. The molecule has 0 unspecified atom stereocenters. The Labute approximate surface area is 225 Å². The predicted molar refractivity (Wildman–Crippen MR) is 139 cm³/mol. The molecular formula is C25H25BrF2N6O4. The van der Waals surface area contributed by atoms with E-state index >= 15 is 0 Å². The zero-order valence-electron chi connectivity index (χ0n) is 20.3. The summed E-state index contributed by atoms with van der Waals surface area (Å²) in [6.45, 7) is 6.80. The van der Waals surface area contributed by atoms with Crippen LogP contribution in [0.5, 0.6) is 0 Å². The summed E-state index contributed by atoms with van der Waals surface area (Å²) < 4.78 is 27.7. The summed E-state index contributed by atoms with van der Waals surface area (Å²) in [6, 6.07) is 3.29. The van der Waals surface area contributed by atoms with Crippen molar-refractivity contribution in [2.45, 2.75) is 56.5 Å². The molecule has 1 aromatic carbocycles. The van der Waals surface area contributed by atoms with Crippen LogP contribution in [0.3, 0.4) is 0 Å². The topological polar surface area (TPSA) is 122 Å². The first-order chi connectivity index (χ1) is 18.1. The molecule has 0 radical (unpaired) electrons. The highest BCUT2D eigenvalue weighted by Crippen LogP contribution is 2.37. The Bertz CT molecular complexity index is 1290. The second-order valence-electron chi connectivity index (χ2n) is 9.41. The number of carbonyl (C=O) groups is 2. The molecule has 2 heterocycles. The molecule has 2 N–H and O–H groups in total. The van der Waals surface area contributed by atoms with Gasteiger partial charge in [-0.2, -0.15) is 0 Å². The lowest BCUT2D eigenvalue weighted by molar-refractivity contribution is -0.384. The Morgan fingerprint density at radius 1 is 1.16 bits per heavy atom. The second-order valence-corrected chi connectivity index (χ2v) is 10.3. The molecule has 0 spiro atoms. The third-order valence-electron chi connectivity index (χ3n) is 6.82. The van der Waals surface area contributed by atoms with Gasteiger partial charge >= 0.3 is 0 Å². The molecule has 2 aromatic rings. The van der Waals surface area contributed by atoms with Gasteiger partial charge in [0, 0.05) is 66.5 Å². The number of likely N-dealkylation sites (tertiary alicyclic amines) is 1. The van der Waals surface area contributed by atoms with Crippen LogP contribution in [0.1, 0.15) is 59.2 Å². The fourth-order valence-electron chi connectivity index (χ4n) is 4.79. The first kappa shape index (κ1) is 27.4. The Balaban J connectivity index is 1.62. The fraction of sp³-hybridized carbons (Fsp3) is 0.440. The molecule has 13 heteroatoms. The molecule has 4 rings (SSSR count). The highest BCUT2D eigenvalue weighted by molar-refractivity contribution is 9.10. The Hall–Kier alpha value is -3.66. The number of nitro benzene ring substituents is 1. The van der Waals surface area contributed by atoms with E-state index in [0.717, 1.165) is 12.8 Å². The van der Waals surface area contributed by atoms with E-state index in [-0.39, 0.29) is 41.3 Å². The van der Waals surface area contributed by atoms with Crippen molar-refractivity contribution in [2.24, 2.45) is 0 Å². The first-order valence-corrected chi connectivity index (χ1v) is 12.9. The minimum atomic E-state index is -2.85. The van der Waals surface area contributed by atoms with Gasteiger partial charge < -0.3 is 15.5 Å². The number of benzene rings is 1. The van der Waals surface area contributed by atoms with E-state index < -0.39 is 47.6 Å². The zero-order valence-corrected chi connectivity index (χ0v) is 21.8. The normalized spacial score (nSPS) is 20.7. The smallest absolute Gasteiger partial charge is 0.294 e. The minimum absolute atomic E-state index is 0.000833. The maximum Gasteiger partial charge on any atom is 0.294 e. The number of amides is 2. The largest absolute Gasteiger partial charge is 0.374 e. The number of aromatic nitrogens is 1. The molecule has 1 aliphatic heterocycles. The van der Waals surface area contributed by atoms with Crippen LogP contribution in [-0.2, 0) is 0 Å². The number of pyridine rings is 1. The molecular weight excluding hydrogens is 566 g/mol. The molecule has 1 aromatic heterocycles. The second kappa shape index (κ2) is 11.4. The van der Waals surface area contributed by atoms with Crippen molar-refractivity contribution >= 4 is 44.8 Å². The highest BCUT2D eigenvalue weighted by Gasteiger charge is 2.38. The van der Waals surface area contributed by atoms with Crippen molar-refractivity contribution in [3.05, 3.63) is 67.7 Å². The summed E-state index contributed by atoms with van der Waals surface area (Å²) in [4.78, 5) is 46.2. The van der Waals surface area contributed by atoms with Gasteiger partial charge in [-0.25, -0.2) is 13.6 Å². The average Bonchev–Trinajstić information content (AvgIpc) is 2.90. The van der Waals surface area contributed by atoms with Crippen LogP contribution >= 0.6 is 15.9 Å². The average molecular weight is 591 g/mol. The number of piperidine rings is 1. The lowest BCUT2D eigenvalue weighted by Crippen LogP contribution is -2.49. The van der Waals surface area contributed by atoms with Crippen LogP contribution < -0.4 is 10.6 Å². The number of alkyl halides is 2. The summed E-state index contributed by atoms with van der Waals surface area (Å²) >= 11 is 3.23. The van der Waals surface area contributed by atoms with E-state index in [9.17, 15) is 28.5 Å². The number of nitrogens with zero attached hydrogens (tertiary/aromatic N) is 4. The van der Waals surface area contributed by atoms with Crippen LogP contribution in [0.2, 0.25) is 0 Å². The summed E-state index contributed by atoms with van der Waals surface area (Å²) in [5.41, 5.74) is 0.0919. The predicted octanol–water partition coefficient (Wildman–Crippen LogP) is 5.33. The molecule has 1 saturated heterocycles. The Morgan fingerprint density at radius 2 is 1.84 bits per heavy atom. The van der Waals surface area contributed by atoms with Crippen LogP contribution in [0, 0.1) is 16.7 Å². The quantitative estimate of drug-likeness (QED) is 0.266. The number of halogens is 3. The van der Waals surface area contributed by atoms with Gasteiger partial charge in [0.05, 0.1) is 17.1 Å². The maximum absolute atomic E-state index is 13.7. The number of anilines is 1. The van der Waals surface area contributed by atoms with Crippen molar-refractivity contribution in [3.63, 3.8) is 0 Å². The van der Waals surface area contributed by atoms with Crippen molar-refractivity contribution < 1.29 is 23.3 Å². The summed E-state index contributed by atoms with van der Waals surface area (Å²) in [5.74, 6) is -3.86. The van der Waals surface area contributed by atoms with E-state index in [1.54, 1.807) is 0 Å². The number of hydrogen-bond donors (Lipinski definition) is 2. The lowest BCUT2D eigenvalue weighted by Gasteiger charge is -2.35. The Kier molecular flexibility index (Phi) is 8.20. The van der Waals surface area contributed by atoms with E-state index in [2.05, 4.69) is 36.4 Å². The monoisotopic (exact) mass is 590 g/mol. The number of nitrogens with one attached hydrogen (secondary N) is 2. The van der Waals surface area contributed by atoms with E-state index in [0.29, 0.717) is 17.3 Å². The van der Waals surface area contributed by atoms with Gasteiger partial charge in [0.2, 0.25) is 5.69 Å². The third kappa shape index (κ3) is 6.24. The number of carbonyl (C=O) groups excluding carboxylic acids is 2. The molecule has 2 fully saturated rings. The van der Waals surface area contributed by atoms with Gasteiger partial charge in [0.25, 0.3) is 23.4 Å². The van der Waals surface area contributed by atoms with Gasteiger partial charge in [0.15, 0.2) is 0 Å². The summed E-state index contributed by atoms with van der Waals surface area (Å²) in [6.07, 6.45) is 4.54. The minimum Gasteiger partial charge on any atom is -0.374 e. The molecule has 2 aliphatic rings. The SMILES string of the molecule is [C-]#[N+]c1cncc(C(=O)N[C@H]2CCCC[C@H]2Nc2c(C(=O)N3CCC(F)(F)CC3)cc(Br)cc2[N+](=O)[O-])c1. The van der Waals surface area contributed by atoms with Gasteiger partial charge in [0.1, 0.15) is 5.69 Å². The van der Waals surface area contributed by atoms with Crippen molar-refractivity contribution in [3.8, 4) is 0 Å². The van der Waals surface area contributed by atoms with Crippen LogP contribution in [0.4, 0.5) is 25.8 Å². The molecule has 10 nitrogen and oxygen atoms in total. The van der Waals surface area contributed by atoms with Gasteiger partial charge in [-0.05, 0) is 25.0 Å². The zero-order chi connectivity index (χ0) is 27.4. The van der Waals surface area contributed by atoms with Gasteiger partial charge in [-0.15, -0.1) is 0 Å². The van der Waals surface area contributed by atoms with Crippen molar-refractivity contribution in [1.82, 2.24) is 15.2 Å². The van der Waals surface area contributed by atoms with Crippen molar-refractivity contribution in [2.75, 3.05) is 18.4 Å². The first-order valence-electron chi connectivity index (χ1n) is 12.1. The molecule has 2 atom stereocenters. The maximum atomic E-state index is 13.7. The van der Waals surface area contributed by atoms with E-state index in [4.69, 9.17) is 6.57 Å². The van der Waals surface area contributed by atoms with E-state index in [1.807, 2.05) is 0 Å². The van der Waals surface area contributed by atoms with Gasteiger partial charge in [-0.1, -0.05) is 28.8 Å². The number of nitro groups is 1. The van der Waals surface area contributed by atoms with Crippen LogP contribution in [0.25, 0.3) is 4.85 Å². The molecule has 1 saturated carbocycles. The summed E-state index contributed by atoms with van der Waals surface area (Å²) in [5, 5.41) is 18.1. The molecule has 38 heavy (non-hydrogen) atoms. The third-order valence-corrected chi connectivity index (χ3v) is 7.28. The molecule has 2 amide bonds. The molecule has 0 bridgehead atoms. The highest BCUT2D eigenvalue weighted by atomic mass is 79.9. The van der Waals surface area contributed by atoms with Crippen molar-refractivity contribution in [1.29, 1.82) is 0 Å². The standard InChI is InChI=1S/C25H25BrF2N6O4/c1-29-17-10-15(13-30-14-17)23(35)32-20-5-3-2-4-19(20)31-22-18(11-16(26)12-21(22)34(37)38)24(36)33-8-6-25(27,28)7-9-33/h10-14,19-20,31H,2-9H2,(H,32,35)/t19-,20+/m1/s1. The lowest BCUT2D eigenvalue weighted by atomic mass is 9.89. The molecule has 1 aliphatic carbocycles. The number of hydrogen-bond acceptors (Lipinski definition) is 6. The number of rotatable bonds is 6. The van der Waals surface area contributed by atoms with Gasteiger partial charge in [-0.3, -0.25) is 24.7 Å². The summed E-state index contributed by atoms with van der Waals surface area (Å²) in [7, 11) is 0. The molecule has 200 valence electrons.